The number of halogens is 1. The highest BCUT2D eigenvalue weighted by Gasteiger charge is 2.04. The lowest BCUT2D eigenvalue weighted by atomic mass is 10.2. The van der Waals surface area contributed by atoms with Crippen molar-refractivity contribution < 1.29 is 13.9 Å². The van der Waals surface area contributed by atoms with Gasteiger partial charge >= 0.3 is 0 Å². The fraction of sp³-hybridized carbons (Fsp3) is 0.231. The number of benzene rings is 1. The van der Waals surface area contributed by atoms with Crippen molar-refractivity contribution in [2.24, 2.45) is 4.99 Å². The van der Waals surface area contributed by atoms with Gasteiger partial charge in [0.25, 0.3) is 5.91 Å². The van der Waals surface area contributed by atoms with Crippen LogP contribution in [0.1, 0.15) is 5.56 Å². The number of amides is 1. The molecule has 0 saturated carbocycles. The minimum atomic E-state index is -0.354. The highest BCUT2D eigenvalue weighted by atomic mass is 32.1. The largest absolute Gasteiger partial charge is 0.375 e. The summed E-state index contributed by atoms with van der Waals surface area (Å²) in [5.41, 5.74) is 0.557. The number of thiazole rings is 1. The average molecular weight is 280 g/mol. The third kappa shape index (κ3) is 3.59. The number of carbonyl (C=O) groups excluding carboxylic acids is 1. The summed E-state index contributed by atoms with van der Waals surface area (Å²) in [6.07, 6.45) is 1.77. The molecular formula is C13H13FN2O2S. The van der Waals surface area contributed by atoms with Crippen LogP contribution in [0.2, 0.25) is 0 Å². The molecule has 19 heavy (non-hydrogen) atoms. The second-order valence-electron chi connectivity index (χ2n) is 3.84. The number of aromatic nitrogens is 1. The zero-order valence-electron chi connectivity index (χ0n) is 10.4. The monoisotopic (exact) mass is 280 g/mol. The molecule has 4 nitrogen and oxygen atoms in total. The summed E-state index contributed by atoms with van der Waals surface area (Å²) in [6.45, 7) is 0.285. The van der Waals surface area contributed by atoms with Crippen molar-refractivity contribution >= 4 is 17.2 Å². The van der Waals surface area contributed by atoms with Gasteiger partial charge in [-0.3, -0.25) is 4.79 Å². The molecule has 1 heterocycles. The first-order valence-corrected chi connectivity index (χ1v) is 6.52. The van der Waals surface area contributed by atoms with Gasteiger partial charge in [-0.1, -0.05) is 18.2 Å². The van der Waals surface area contributed by atoms with Gasteiger partial charge in [0.15, 0.2) is 4.80 Å². The minimum absolute atomic E-state index is 0.0579. The Bertz CT molecular complexity index is 633. The molecule has 0 atom stereocenters. The highest BCUT2D eigenvalue weighted by Crippen LogP contribution is 2.07. The minimum Gasteiger partial charge on any atom is -0.375 e. The number of carbonyl (C=O) groups is 1. The van der Waals surface area contributed by atoms with Crippen molar-refractivity contribution in [3.05, 3.63) is 52.0 Å². The van der Waals surface area contributed by atoms with Crippen molar-refractivity contribution in [1.82, 2.24) is 4.57 Å². The smallest absolute Gasteiger partial charge is 0.274 e. The molecule has 0 unspecified atom stereocenters. The zero-order chi connectivity index (χ0) is 13.7. The van der Waals surface area contributed by atoms with E-state index in [2.05, 4.69) is 4.99 Å². The molecule has 0 saturated heterocycles. The van der Waals surface area contributed by atoms with Crippen LogP contribution in [0, 0.1) is 5.82 Å². The van der Waals surface area contributed by atoms with E-state index in [4.69, 9.17) is 4.74 Å². The van der Waals surface area contributed by atoms with Gasteiger partial charge in [-0.05, 0) is 6.07 Å². The summed E-state index contributed by atoms with van der Waals surface area (Å²) < 4.78 is 20.0. The van der Waals surface area contributed by atoms with Crippen LogP contribution >= 0.6 is 11.3 Å². The molecule has 1 amide bonds. The Hall–Kier alpha value is -1.79. The normalized spacial score (nSPS) is 11.8. The lowest BCUT2D eigenvalue weighted by Gasteiger charge is -2.04. The van der Waals surface area contributed by atoms with E-state index in [1.165, 1.54) is 24.5 Å². The van der Waals surface area contributed by atoms with Crippen LogP contribution in [-0.4, -0.2) is 24.2 Å². The van der Waals surface area contributed by atoms with E-state index in [1.807, 2.05) is 0 Å². The molecule has 2 aromatic rings. The average Bonchev–Trinajstić information content (AvgIpc) is 2.80. The SMILES string of the molecule is COCC(=O)N=c1sccn1Cc1ccccc1F. The molecule has 0 fully saturated rings. The number of hydrogen-bond acceptors (Lipinski definition) is 3. The lowest BCUT2D eigenvalue weighted by Crippen LogP contribution is -2.18. The van der Waals surface area contributed by atoms with Crippen molar-refractivity contribution in [1.29, 1.82) is 0 Å². The van der Waals surface area contributed by atoms with Gasteiger partial charge in [-0.2, -0.15) is 4.99 Å². The summed E-state index contributed by atoms with van der Waals surface area (Å²) in [5.74, 6) is -0.623. The second kappa shape index (κ2) is 6.40. The van der Waals surface area contributed by atoms with Crippen LogP contribution in [-0.2, 0) is 16.1 Å². The molecule has 100 valence electrons. The van der Waals surface area contributed by atoms with E-state index >= 15 is 0 Å². The van der Waals surface area contributed by atoms with Gasteiger partial charge in [0.05, 0.1) is 6.54 Å². The fourth-order valence-corrected chi connectivity index (χ4v) is 2.32. The molecule has 0 aliphatic heterocycles. The van der Waals surface area contributed by atoms with Crippen LogP contribution in [0.25, 0.3) is 0 Å². The number of rotatable bonds is 4. The maximum atomic E-state index is 13.6. The third-order valence-electron chi connectivity index (χ3n) is 2.45. The number of methoxy groups -OCH3 is 1. The van der Waals surface area contributed by atoms with Crippen molar-refractivity contribution in [2.45, 2.75) is 6.54 Å². The first-order chi connectivity index (χ1) is 9.20. The highest BCUT2D eigenvalue weighted by molar-refractivity contribution is 7.07. The van der Waals surface area contributed by atoms with Crippen LogP contribution in [0.3, 0.4) is 0 Å². The second-order valence-corrected chi connectivity index (χ2v) is 4.72. The Morgan fingerprint density at radius 2 is 2.26 bits per heavy atom. The number of hydrogen-bond donors (Lipinski definition) is 0. The van der Waals surface area contributed by atoms with Crippen molar-refractivity contribution in [2.75, 3.05) is 13.7 Å². The molecule has 0 aliphatic carbocycles. The van der Waals surface area contributed by atoms with E-state index in [0.717, 1.165) is 0 Å². The Balaban J connectivity index is 2.26. The standard InChI is InChI=1S/C13H13FN2O2S/c1-18-9-12(17)15-13-16(6-7-19-13)8-10-4-2-3-5-11(10)14/h2-7H,8-9H2,1H3. The topological polar surface area (TPSA) is 43.6 Å². The molecule has 2 rings (SSSR count). The van der Waals surface area contributed by atoms with E-state index in [0.29, 0.717) is 16.9 Å². The van der Waals surface area contributed by atoms with Gasteiger partial charge < -0.3 is 9.30 Å². The van der Waals surface area contributed by atoms with E-state index in [9.17, 15) is 9.18 Å². The summed E-state index contributed by atoms with van der Waals surface area (Å²) >= 11 is 1.33. The molecule has 0 bridgehead atoms. The summed E-state index contributed by atoms with van der Waals surface area (Å²) in [4.78, 5) is 15.9. The van der Waals surface area contributed by atoms with E-state index in [-0.39, 0.29) is 18.3 Å². The van der Waals surface area contributed by atoms with Gasteiger partial charge in [0, 0.05) is 24.3 Å². The quantitative estimate of drug-likeness (QED) is 0.857. The van der Waals surface area contributed by atoms with Gasteiger partial charge in [-0.25, -0.2) is 4.39 Å². The summed E-state index contributed by atoms with van der Waals surface area (Å²) in [7, 11) is 1.44. The molecule has 1 aromatic heterocycles. The van der Waals surface area contributed by atoms with Crippen LogP contribution in [0.4, 0.5) is 4.39 Å². The molecule has 0 spiro atoms. The summed E-state index contributed by atoms with van der Waals surface area (Å²) in [5, 5.41) is 1.81. The van der Waals surface area contributed by atoms with E-state index < -0.39 is 0 Å². The first-order valence-electron chi connectivity index (χ1n) is 5.64. The van der Waals surface area contributed by atoms with Gasteiger partial charge in [-0.15, -0.1) is 11.3 Å². The maximum absolute atomic E-state index is 13.6. The number of nitrogens with zero attached hydrogens (tertiary/aromatic N) is 2. The first kappa shape index (κ1) is 13.6. The predicted octanol–water partition coefficient (Wildman–Crippen LogP) is 1.81. The molecule has 0 radical (unpaired) electrons. The van der Waals surface area contributed by atoms with E-state index in [1.54, 1.807) is 34.3 Å². The maximum Gasteiger partial charge on any atom is 0.274 e. The Morgan fingerprint density at radius 3 is 3.00 bits per heavy atom. The zero-order valence-corrected chi connectivity index (χ0v) is 11.2. The van der Waals surface area contributed by atoms with Gasteiger partial charge in [0.1, 0.15) is 12.4 Å². The fourth-order valence-electron chi connectivity index (χ4n) is 1.58. The van der Waals surface area contributed by atoms with Gasteiger partial charge in [0.2, 0.25) is 0 Å². The summed E-state index contributed by atoms with van der Waals surface area (Å²) in [6, 6.07) is 6.54. The molecular weight excluding hydrogens is 267 g/mol. The van der Waals surface area contributed by atoms with Crippen LogP contribution in [0.5, 0.6) is 0 Å². The molecule has 6 heteroatoms. The van der Waals surface area contributed by atoms with Crippen molar-refractivity contribution in [3.8, 4) is 0 Å². The van der Waals surface area contributed by atoms with Crippen LogP contribution < -0.4 is 4.80 Å². The van der Waals surface area contributed by atoms with Crippen LogP contribution in [0.15, 0.2) is 40.8 Å². The Labute approximate surface area is 113 Å². The Kier molecular flexibility index (Phi) is 4.59. The Morgan fingerprint density at radius 1 is 1.47 bits per heavy atom. The third-order valence-corrected chi connectivity index (χ3v) is 3.24. The lowest BCUT2D eigenvalue weighted by molar-refractivity contribution is -0.121. The molecule has 0 N–H and O–H groups in total. The molecule has 0 aliphatic rings. The van der Waals surface area contributed by atoms with Crippen molar-refractivity contribution in [3.63, 3.8) is 0 Å². The predicted molar refractivity (Wildman–Crippen MR) is 70.3 cm³/mol. The molecule has 1 aromatic carbocycles. The number of ether oxygens (including phenoxy) is 1.